The molecule has 0 saturated carbocycles. The summed E-state index contributed by atoms with van der Waals surface area (Å²) in [7, 11) is 1.78. The predicted molar refractivity (Wildman–Crippen MR) is 49.9 cm³/mol. The summed E-state index contributed by atoms with van der Waals surface area (Å²) in [4.78, 5) is 11.1. The van der Waals surface area contributed by atoms with Gasteiger partial charge in [-0.1, -0.05) is 0 Å². The van der Waals surface area contributed by atoms with Crippen LogP contribution in [0.15, 0.2) is 0 Å². The van der Waals surface area contributed by atoms with Crippen LogP contribution in [0.5, 0.6) is 0 Å². The van der Waals surface area contributed by atoms with Crippen molar-refractivity contribution in [3.05, 3.63) is 0 Å². The van der Waals surface area contributed by atoms with Gasteiger partial charge in [0.1, 0.15) is 0 Å². The van der Waals surface area contributed by atoms with Gasteiger partial charge in [0.2, 0.25) is 5.91 Å². The van der Waals surface area contributed by atoms with Gasteiger partial charge in [0.15, 0.2) is 0 Å². The second kappa shape index (κ2) is 6.49. The van der Waals surface area contributed by atoms with Crippen LogP contribution in [-0.4, -0.2) is 37.6 Å². The normalized spacial score (nSPS) is 12.6. The molecule has 0 spiro atoms. The predicted octanol–water partition coefficient (Wildman–Crippen LogP) is 0.0735. The average Bonchev–Trinajstić information content (AvgIpc) is 2.03. The number of carbonyl (C=O) groups is 1. The molecule has 0 rings (SSSR count). The summed E-state index contributed by atoms with van der Waals surface area (Å²) < 4.78 is 0. The number of thioether (sulfide) groups is 1. The Kier molecular flexibility index (Phi) is 6.36. The largest absolute Gasteiger partial charge is 0.354 e. The van der Waals surface area contributed by atoms with Crippen LogP contribution in [0.25, 0.3) is 0 Å². The monoisotopic (exact) mass is 176 g/mol. The number of hydrogen-bond acceptors (Lipinski definition) is 3. The molecule has 0 aromatic carbocycles. The molecule has 11 heavy (non-hydrogen) atoms. The number of likely N-dealkylation sites (N-methyl/N-ethyl adjacent to an activating group) is 1. The molecule has 4 heteroatoms. The summed E-state index contributed by atoms with van der Waals surface area (Å²) in [5, 5.41) is 5.68. The summed E-state index contributed by atoms with van der Waals surface area (Å²) >= 11 is 1.73. The molecule has 66 valence electrons. The fraction of sp³-hybridized carbons (Fsp3) is 0.857. The lowest BCUT2D eigenvalue weighted by atomic mass is 10.3. The number of carbonyl (C=O) groups excluding carboxylic acids is 1. The molecule has 0 aliphatic rings. The van der Waals surface area contributed by atoms with Crippen molar-refractivity contribution in [2.75, 3.05) is 25.6 Å². The second-order valence-corrected chi connectivity index (χ2v) is 3.28. The minimum absolute atomic E-state index is 0.0709. The van der Waals surface area contributed by atoms with Crippen molar-refractivity contribution in [3.63, 3.8) is 0 Å². The fourth-order valence-corrected chi connectivity index (χ4v) is 0.867. The van der Waals surface area contributed by atoms with Crippen LogP contribution in [0.4, 0.5) is 0 Å². The van der Waals surface area contributed by atoms with Crippen LogP contribution in [-0.2, 0) is 4.79 Å². The van der Waals surface area contributed by atoms with Gasteiger partial charge in [-0.25, -0.2) is 0 Å². The zero-order valence-corrected chi connectivity index (χ0v) is 8.12. The van der Waals surface area contributed by atoms with Gasteiger partial charge in [0.25, 0.3) is 0 Å². The Morgan fingerprint density at radius 1 is 1.64 bits per heavy atom. The summed E-state index contributed by atoms with van der Waals surface area (Å²) in [6.45, 7) is 2.60. The van der Waals surface area contributed by atoms with E-state index < -0.39 is 0 Å². The van der Waals surface area contributed by atoms with E-state index in [0.29, 0.717) is 0 Å². The maximum absolute atomic E-state index is 11.1. The second-order valence-electron chi connectivity index (χ2n) is 2.29. The minimum atomic E-state index is -0.0862. The van der Waals surface area contributed by atoms with E-state index in [1.807, 2.05) is 13.2 Å². The SMILES string of the molecule is CNC(C)C(=O)NCCSC. The third kappa shape index (κ3) is 5.09. The molecule has 0 heterocycles. The molecule has 0 aromatic heterocycles. The van der Waals surface area contributed by atoms with E-state index >= 15 is 0 Å². The van der Waals surface area contributed by atoms with Gasteiger partial charge in [0.05, 0.1) is 6.04 Å². The van der Waals surface area contributed by atoms with Crippen molar-refractivity contribution < 1.29 is 4.79 Å². The van der Waals surface area contributed by atoms with Crippen molar-refractivity contribution in [1.29, 1.82) is 0 Å². The summed E-state index contributed by atoms with van der Waals surface area (Å²) in [6, 6.07) is -0.0862. The Bertz CT molecular complexity index is 119. The van der Waals surface area contributed by atoms with E-state index in [4.69, 9.17) is 0 Å². The topological polar surface area (TPSA) is 41.1 Å². The molecule has 2 N–H and O–H groups in total. The Labute approximate surface area is 72.3 Å². The maximum Gasteiger partial charge on any atom is 0.236 e. The smallest absolute Gasteiger partial charge is 0.236 e. The molecule has 0 radical (unpaired) electrons. The first-order valence-corrected chi connectivity index (χ1v) is 5.05. The van der Waals surface area contributed by atoms with Crippen LogP contribution < -0.4 is 10.6 Å². The number of rotatable bonds is 5. The molecule has 0 fully saturated rings. The highest BCUT2D eigenvalue weighted by molar-refractivity contribution is 7.98. The van der Waals surface area contributed by atoms with E-state index in [0.717, 1.165) is 12.3 Å². The quantitative estimate of drug-likeness (QED) is 0.583. The van der Waals surface area contributed by atoms with Crippen LogP contribution in [0.2, 0.25) is 0 Å². The molecule has 3 nitrogen and oxygen atoms in total. The first kappa shape index (κ1) is 10.8. The average molecular weight is 176 g/mol. The van der Waals surface area contributed by atoms with Crippen LogP contribution in [0, 0.1) is 0 Å². The molecule has 0 saturated heterocycles. The molecule has 1 unspecified atom stereocenters. The zero-order valence-electron chi connectivity index (χ0n) is 7.31. The number of nitrogens with one attached hydrogen (secondary N) is 2. The first-order chi connectivity index (χ1) is 5.22. The standard InChI is InChI=1S/C7H16N2OS/c1-6(8-2)7(10)9-4-5-11-3/h6,8H,4-5H2,1-3H3,(H,9,10). The van der Waals surface area contributed by atoms with Gasteiger partial charge >= 0.3 is 0 Å². The van der Waals surface area contributed by atoms with Crippen LogP contribution >= 0.6 is 11.8 Å². The van der Waals surface area contributed by atoms with E-state index in [-0.39, 0.29) is 11.9 Å². The fourth-order valence-electron chi connectivity index (χ4n) is 0.560. The van der Waals surface area contributed by atoms with Crippen molar-refractivity contribution in [2.45, 2.75) is 13.0 Å². The van der Waals surface area contributed by atoms with E-state index in [9.17, 15) is 4.79 Å². The first-order valence-electron chi connectivity index (χ1n) is 3.66. The Morgan fingerprint density at radius 2 is 2.27 bits per heavy atom. The van der Waals surface area contributed by atoms with Crippen molar-refractivity contribution in [3.8, 4) is 0 Å². The minimum Gasteiger partial charge on any atom is -0.354 e. The highest BCUT2D eigenvalue weighted by atomic mass is 32.2. The van der Waals surface area contributed by atoms with E-state index in [2.05, 4.69) is 10.6 Å². The van der Waals surface area contributed by atoms with Crippen LogP contribution in [0.1, 0.15) is 6.92 Å². The molecule has 0 aliphatic heterocycles. The van der Waals surface area contributed by atoms with Gasteiger partial charge in [0, 0.05) is 12.3 Å². The van der Waals surface area contributed by atoms with Gasteiger partial charge in [-0.3, -0.25) is 4.79 Å². The highest BCUT2D eigenvalue weighted by Crippen LogP contribution is 1.87. The van der Waals surface area contributed by atoms with Crippen molar-refractivity contribution in [1.82, 2.24) is 10.6 Å². The van der Waals surface area contributed by atoms with E-state index in [1.54, 1.807) is 18.8 Å². The highest BCUT2D eigenvalue weighted by Gasteiger charge is 2.07. The van der Waals surface area contributed by atoms with Crippen molar-refractivity contribution >= 4 is 17.7 Å². The van der Waals surface area contributed by atoms with E-state index in [1.165, 1.54) is 0 Å². The molecule has 1 atom stereocenters. The molecule has 0 bridgehead atoms. The number of amides is 1. The van der Waals surface area contributed by atoms with Gasteiger partial charge in [-0.2, -0.15) is 11.8 Å². The summed E-state index contributed by atoms with van der Waals surface area (Å²) in [5.41, 5.74) is 0. The Morgan fingerprint density at radius 3 is 2.73 bits per heavy atom. The lowest BCUT2D eigenvalue weighted by Crippen LogP contribution is -2.41. The van der Waals surface area contributed by atoms with Gasteiger partial charge in [-0.15, -0.1) is 0 Å². The van der Waals surface area contributed by atoms with Gasteiger partial charge < -0.3 is 10.6 Å². The lowest BCUT2D eigenvalue weighted by Gasteiger charge is -2.09. The summed E-state index contributed by atoms with van der Waals surface area (Å²) in [6.07, 6.45) is 2.02. The number of hydrogen-bond donors (Lipinski definition) is 2. The Hall–Kier alpha value is -0.220. The molecular formula is C7H16N2OS. The van der Waals surface area contributed by atoms with Crippen molar-refractivity contribution in [2.24, 2.45) is 0 Å². The van der Waals surface area contributed by atoms with Gasteiger partial charge in [-0.05, 0) is 20.2 Å². The Balaban J connectivity index is 3.36. The summed E-state index contributed by atoms with van der Waals surface area (Å²) in [5.74, 6) is 1.05. The third-order valence-electron chi connectivity index (χ3n) is 1.43. The molecule has 1 amide bonds. The zero-order chi connectivity index (χ0) is 8.69. The molecular weight excluding hydrogens is 160 g/mol. The molecule has 0 aliphatic carbocycles. The maximum atomic E-state index is 11.1. The molecule has 0 aromatic rings. The van der Waals surface area contributed by atoms with Crippen LogP contribution in [0.3, 0.4) is 0 Å². The lowest BCUT2D eigenvalue weighted by molar-refractivity contribution is -0.122. The third-order valence-corrected chi connectivity index (χ3v) is 2.04.